The molecular formula is C92H124N8O22. The number of ketones is 4. The number of carbonyl (C=O) groups is 8. The molecular weight excluding hydrogens is 1570 g/mol. The fourth-order valence-corrected chi connectivity index (χ4v) is 18.5. The zero-order chi connectivity index (χ0) is 89.8. The van der Waals surface area contributed by atoms with Crippen molar-refractivity contribution in [1.29, 1.82) is 0 Å². The zero-order valence-electron chi connectivity index (χ0n) is 74.2. The molecule has 30 heteroatoms. The van der Waals surface area contributed by atoms with Gasteiger partial charge in [0, 0.05) is 188 Å². The summed E-state index contributed by atoms with van der Waals surface area (Å²) in [5, 5.41) is 82.1. The molecule has 10 aliphatic rings. The van der Waals surface area contributed by atoms with Crippen LogP contribution >= 0.6 is 0 Å². The number of aromatic hydroxyl groups is 2. The number of aliphatic imine (C=N–C) groups is 2. The maximum absolute atomic E-state index is 14.7. The number of benzene rings is 2. The molecule has 2 aliphatic carbocycles. The monoisotopic (exact) mass is 1690 g/mol. The molecule has 12 rings (SSSR count). The molecule has 10 N–H and O–H groups in total. The van der Waals surface area contributed by atoms with Gasteiger partial charge in [0.05, 0.1) is 94.2 Å². The van der Waals surface area contributed by atoms with Gasteiger partial charge in [0.1, 0.15) is 57.9 Å². The number of esters is 2. The van der Waals surface area contributed by atoms with E-state index in [4.69, 9.17) is 47.9 Å². The van der Waals surface area contributed by atoms with Crippen LogP contribution in [0.4, 0.5) is 0 Å². The third kappa shape index (κ3) is 18.0. The van der Waals surface area contributed by atoms with E-state index in [1.165, 1.54) is 68.3 Å². The Kier molecular flexibility index (Phi) is 27.9. The van der Waals surface area contributed by atoms with Crippen LogP contribution in [0.3, 0.4) is 0 Å². The number of likely N-dealkylation sites (tertiary alicyclic amines) is 2. The molecule has 18 atom stereocenters. The molecule has 2 amide bonds. The Morgan fingerprint density at radius 3 is 1.14 bits per heavy atom. The average Bonchev–Trinajstić information content (AvgIpc) is 1.54. The molecule has 2 spiro atoms. The quantitative estimate of drug-likeness (QED) is 0.110. The smallest absolute Gasteiger partial charge is 0.312 e. The van der Waals surface area contributed by atoms with Gasteiger partial charge in [-0.05, 0) is 51.7 Å². The summed E-state index contributed by atoms with van der Waals surface area (Å²) in [6, 6.07) is 0. The number of aliphatic hydroxyl groups excluding tert-OH is 4. The van der Waals surface area contributed by atoms with Crippen LogP contribution in [0.5, 0.6) is 23.0 Å². The summed E-state index contributed by atoms with van der Waals surface area (Å²) < 4.78 is 47.9. The first kappa shape index (κ1) is 93.0. The number of allylic oxidation sites excluding steroid dienone is 8. The van der Waals surface area contributed by atoms with Crippen LogP contribution in [-0.4, -0.2) is 224 Å². The number of amides is 2. The predicted molar refractivity (Wildman–Crippen MR) is 454 cm³/mol. The van der Waals surface area contributed by atoms with Crippen LogP contribution in [-0.2, 0) is 47.6 Å². The number of aliphatic hydroxyl groups is 4. The second kappa shape index (κ2) is 36.6. The van der Waals surface area contributed by atoms with Crippen LogP contribution in [0.15, 0.2) is 105 Å². The van der Waals surface area contributed by atoms with Gasteiger partial charge in [0.15, 0.2) is 0 Å². The van der Waals surface area contributed by atoms with Crippen molar-refractivity contribution >= 4 is 58.3 Å². The third-order valence-corrected chi connectivity index (χ3v) is 25.9. The number of carbonyl (C=O) groups excluding carboxylic acids is 8. The maximum Gasteiger partial charge on any atom is 0.312 e. The molecule has 2 aromatic rings. The minimum atomic E-state index is -1.97. The van der Waals surface area contributed by atoms with E-state index in [1.807, 2.05) is 0 Å². The lowest BCUT2D eigenvalue weighted by Crippen LogP contribution is -2.50. The van der Waals surface area contributed by atoms with Gasteiger partial charge in [-0.2, -0.15) is 0 Å². The Morgan fingerprint density at radius 2 is 0.828 bits per heavy atom. The van der Waals surface area contributed by atoms with Gasteiger partial charge in [-0.15, -0.1) is 0 Å². The molecule has 0 unspecified atom stereocenters. The minimum Gasteiger partial charge on any atom is -0.507 e. The lowest BCUT2D eigenvalue weighted by atomic mass is 9.78. The summed E-state index contributed by atoms with van der Waals surface area (Å²) in [7, 11) is 2.93. The number of methoxy groups -OCH3 is 2. The van der Waals surface area contributed by atoms with Crippen molar-refractivity contribution < 1.29 is 107 Å². The molecule has 0 aromatic heterocycles. The van der Waals surface area contributed by atoms with Crippen LogP contribution < -0.4 is 30.7 Å². The number of fused-ring (bicyclic) bond motifs is 6. The van der Waals surface area contributed by atoms with Gasteiger partial charge in [0.25, 0.3) is 23.4 Å². The van der Waals surface area contributed by atoms with Crippen molar-refractivity contribution in [3.63, 3.8) is 0 Å². The van der Waals surface area contributed by atoms with E-state index < -0.39 is 177 Å². The predicted octanol–water partition coefficient (Wildman–Crippen LogP) is 9.23. The Bertz CT molecular complexity index is 4520. The second-order valence-corrected chi connectivity index (χ2v) is 36.0. The number of rotatable bonds is 8. The van der Waals surface area contributed by atoms with E-state index >= 15 is 0 Å². The molecule has 664 valence electrons. The standard InChI is InChI=1S/2C46H62N4O11/c2*1-22(2)21-50-18-16-46(17-19-50)48-34-31-32-39(54)28(8)42-33(31)43(56)45(10,61-42)59-20-15-30(58-11)25(5)41(60-29(9)51)27(7)38(53)26(6)37(52)23(3)13-12-14-24(4)44(57)47-36(40(32)55)35(34)49-46/h2*12-15,20,22-23,25-27,30,37-38,41,49,52-54H,16-19,21H2,1-11H3,(H,47,57)/b2*13-12+,20-15+,24-14-/t2*23-,25+,26+,27+,30-,37-,38+,41+,45-/m00/s1. The number of phenols is 2. The molecule has 2 aromatic carbocycles. The molecule has 10 bridgehead atoms. The first-order chi connectivity index (χ1) is 57.3. The van der Waals surface area contributed by atoms with E-state index in [0.29, 0.717) is 37.5 Å². The summed E-state index contributed by atoms with van der Waals surface area (Å²) in [6.45, 7) is 39.0. The Labute approximate surface area is 714 Å². The highest BCUT2D eigenvalue weighted by Gasteiger charge is 2.58. The van der Waals surface area contributed by atoms with Crippen molar-refractivity contribution in [2.24, 2.45) is 69.2 Å². The van der Waals surface area contributed by atoms with Crippen molar-refractivity contribution in [3.8, 4) is 23.0 Å². The van der Waals surface area contributed by atoms with Crippen molar-refractivity contribution in [2.75, 3.05) is 53.5 Å². The van der Waals surface area contributed by atoms with Gasteiger partial charge in [-0.1, -0.05) is 120 Å². The van der Waals surface area contributed by atoms with Crippen LogP contribution in [0.25, 0.3) is 0 Å². The van der Waals surface area contributed by atoms with Gasteiger partial charge < -0.3 is 99.6 Å². The summed E-state index contributed by atoms with van der Waals surface area (Å²) >= 11 is 0. The van der Waals surface area contributed by atoms with Gasteiger partial charge >= 0.3 is 23.5 Å². The van der Waals surface area contributed by atoms with Gasteiger partial charge in [-0.25, -0.2) is 0 Å². The van der Waals surface area contributed by atoms with Crippen LogP contribution in [0, 0.1) is 73.0 Å². The largest absolute Gasteiger partial charge is 0.507 e. The molecule has 0 radical (unpaired) electrons. The summed E-state index contributed by atoms with van der Waals surface area (Å²) in [5.74, 6) is -13.6. The first-order valence-corrected chi connectivity index (χ1v) is 42.5. The first-order valence-electron chi connectivity index (χ1n) is 42.5. The second-order valence-electron chi connectivity index (χ2n) is 36.0. The number of piperidine rings is 2. The summed E-state index contributed by atoms with van der Waals surface area (Å²) in [6.07, 6.45) is 10.1. The highest BCUT2D eigenvalue weighted by atomic mass is 16.7. The van der Waals surface area contributed by atoms with Gasteiger partial charge in [-0.3, -0.25) is 48.3 Å². The van der Waals surface area contributed by atoms with Crippen molar-refractivity contribution in [1.82, 2.24) is 31.1 Å². The Balaban J connectivity index is 0.000000238. The van der Waals surface area contributed by atoms with E-state index in [2.05, 4.69) is 58.8 Å². The number of phenolic OH excluding ortho intramolecular Hbond substituents is 2. The lowest BCUT2D eigenvalue weighted by molar-refractivity contribution is -0.161. The number of hydrogen-bond donors (Lipinski definition) is 10. The van der Waals surface area contributed by atoms with Crippen molar-refractivity contribution in [3.05, 3.63) is 140 Å². The Morgan fingerprint density at radius 1 is 0.492 bits per heavy atom. The third-order valence-electron chi connectivity index (χ3n) is 25.9. The lowest BCUT2D eigenvalue weighted by Gasteiger charge is -2.38. The zero-order valence-corrected chi connectivity index (χ0v) is 74.2. The minimum absolute atomic E-state index is 0.0164. The molecule has 30 nitrogen and oxygen atoms in total. The van der Waals surface area contributed by atoms with Crippen LogP contribution in [0.2, 0.25) is 0 Å². The molecule has 122 heavy (non-hydrogen) atoms. The fourth-order valence-electron chi connectivity index (χ4n) is 18.5. The van der Waals surface area contributed by atoms with Gasteiger partial charge in [0.2, 0.25) is 11.6 Å². The molecule has 2 fully saturated rings. The number of ether oxygens (including phenoxy) is 8. The summed E-state index contributed by atoms with van der Waals surface area (Å²) in [5.41, 5.74) is -0.383. The highest BCUT2D eigenvalue weighted by Crippen LogP contribution is 2.53. The average molecular weight is 1690 g/mol. The van der Waals surface area contributed by atoms with E-state index in [0.717, 1.165) is 39.3 Å². The number of Topliss-reactive ketones (excluding diaryl/α,β-unsaturated/α-hetero) is 4. The SMILES string of the molecule is CO[C@H]1/C=C/O[C@@]2(C)Oc3c(C)c(O)c4c(c3C2=O)C2=NC3(CCN(CC(C)C)CC3)NC2=C(NC(=O)/C(C)=C\C=C\[C@H](C)[C@H](O)[C@@H](C)[C@@H](O)[C@@H](C)[C@H](OC(C)=O)[C@@H]1C)C4=O.CO[C@H]1/C=C/O[C@@]2(C)Oc3c(C)c(O)c4c(c3C2=O)C2=NC3(CCN(CC(C)C)CC3)NC2=C(NC(=O)/C(C)=C\C=C\[C@H](C)[C@H](O)[C@@H](C)[C@@H](O)[C@@H](C)[C@H](OC(C)=O)[C@@H]1C)C4=O. The fraction of sp³-hybridized carbons (Fsp3) is 0.587. The van der Waals surface area contributed by atoms with Crippen LogP contribution in [0.1, 0.15) is 214 Å². The molecule has 8 heterocycles. The maximum atomic E-state index is 14.7. The molecule has 0 saturated carbocycles. The highest BCUT2D eigenvalue weighted by molar-refractivity contribution is 6.36. The van der Waals surface area contributed by atoms with E-state index in [1.54, 1.807) is 118 Å². The van der Waals surface area contributed by atoms with E-state index in [9.17, 15) is 69.0 Å². The van der Waals surface area contributed by atoms with E-state index in [-0.39, 0.29) is 101 Å². The molecule has 8 aliphatic heterocycles. The molecule has 2 saturated heterocycles. The topological polar surface area (TPSA) is 411 Å². The van der Waals surface area contributed by atoms with Crippen molar-refractivity contribution in [2.45, 2.75) is 236 Å². The Hall–Kier alpha value is -9.66. The number of nitrogens with zero attached hydrogens (tertiary/aromatic N) is 4. The number of hydrogen-bond acceptors (Lipinski definition) is 28. The number of nitrogens with one attached hydrogen (secondary N) is 4. The normalized spacial score (nSPS) is 33.8. The summed E-state index contributed by atoms with van der Waals surface area (Å²) in [4.78, 5) is 127.